The zero-order valence-electron chi connectivity index (χ0n) is 13.4. The van der Waals surface area contributed by atoms with Crippen LogP contribution in [0, 0.1) is 6.92 Å². The molecule has 7 nitrogen and oxygen atoms in total. The van der Waals surface area contributed by atoms with E-state index in [0.717, 1.165) is 17.0 Å². The lowest BCUT2D eigenvalue weighted by Crippen LogP contribution is -2.50. The molecule has 1 saturated heterocycles. The van der Waals surface area contributed by atoms with Crippen molar-refractivity contribution in [1.82, 2.24) is 15.1 Å². The normalized spacial score (nSPS) is 22.2. The lowest BCUT2D eigenvalue weighted by Gasteiger charge is -2.36. The van der Waals surface area contributed by atoms with Crippen molar-refractivity contribution in [1.29, 1.82) is 0 Å². The standard InChI is InChI=1S/C15H20N4O3S/c1-9-4-5-23-13(9)14-17-18-15(22-14)16-12(20)7-19-6-11(3)21-8-10(19)2/h4-5,10-11H,6-8H2,1-3H3,(H,16,18,20)/t10-,11-/m0/s1. The first-order valence-corrected chi connectivity index (χ1v) is 8.44. The smallest absolute Gasteiger partial charge is 0.322 e. The molecule has 1 fully saturated rings. The number of hydrogen-bond acceptors (Lipinski definition) is 7. The fraction of sp³-hybridized carbons (Fsp3) is 0.533. The zero-order valence-corrected chi connectivity index (χ0v) is 14.2. The molecular weight excluding hydrogens is 316 g/mol. The summed E-state index contributed by atoms with van der Waals surface area (Å²) in [7, 11) is 0. The molecule has 2 aromatic heterocycles. The predicted octanol–water partition coefficient (Wildman–Crippen LogP) is 2.15. The van der Waals surface area contributed by atoms with Crippen LogP contribution in [0.2, 0.25) is 0 Å². The van der Waals surface area contributed by atoms with Gasteiger partial charge in [0.15, 0.2) is 0 Å². The van der Waals surface area contributed by atoms with Crippen LogP contribution in [-0.2, 0) is 9.53 Å². The number of nitrogens with one attached hydrogen (secondary N) is 1. The zero-order chi connectivity index (χ0) is 16.4. The lowest BCUT2D eigenvalue weighted by atomic mass is 10.2. The van der Waals surface area contributed by atoms with Gasteiger partial charge in [-0.15, -0.1) is 16.4 Å². The highest BCUT2D eigenvalue weighted by Gasteiger charge is 2.25. The van der Waals surface area contributed by atoms with Crippen LogP contribution in [0.25, 0.3) is 10.8 Å². The summed E-state index contributed by atoms with van der Waals surface area (Å²) in [6.07, 6.45) is 0.135. The largest absolute Gasteiger partial charge is 0.402 e. The monoisotopic (exact) mass is 336 g/mol. The van der Waals surface area contributed by atoms with Crippen molar-refractivity contribution in [2.24, 2.45) is 0 Å². The van der Waals surface area contributed by atoms with Crippen molar-refractivity contribution >= 4 is 23.3 Å². The minimum absolute atomic E-state index is 0.131. The van der Waals surface area contributed by atoms with Crippen molar-refractivity contribution in [2.45, 2.75) is 32.9 Å². The highest BCUT2D eigenvalue weighted by Crippen LogP contribution is 2.28. The number of anilines is 1. The molecule has 1 aliphatic rings. The second kappa shape index (κ2) is 6.77. The Hall–Kier alpha value is -1.77. The number of carbonyl (C=O) groups is 1. The molecule has 23 heavy (non-hydrogen) atoms. The van der Waals surface area contributed by atoms with E-state index in [4.69, 9.17) is 9.15 Å². The number of nitrogens with zero attached hydrogens (tertiary/aromatic N) is 3. The van der Waals surface area contributed by atoms with Gasteiger partial charge in [0.2, 0.25) is 5.91 Å². The maximum Gasteiger partial charge on any atom is 0.322 e. The van der Waals surface area contributed by atoms with E-state index in [1.807, 2.05) is 32.2 Å². The van der Waals surface area contributed by atoms with Gasteiger partial charge in [0.05, 0.1) is 24.1 Å². The molecule has 3 rings (SSSR count). The SMILES string of the molecule is Cc1ccsc1-c1nnc(NC(=O)CN2C[C@H](C)OC[C@@H]2C)o1. The highest BCUT2D eigenvalue weighted by atomic mass is 32.1. The average Bonchev–Trinajstić information content (AvgIpc) is 3.11. The van der Waals surface area contributed by atoms with E-state index in [1.54, 1.807) is 0 Å². The predicted molar refractivity (Wildman–Crippen MR) is 87.4 cm³/mol. The van der Waals surface area contributed by atoms with Crippen LogP contribution in [0.15, 0.2) is 15.9 Å². The maximum absolute atomic E-state index is 12.2. The van der Waals surface area contributed by atoms with E-state index < -0.39 is 0 Å². The van der Waals surface area contributed by atoms with Crippen LogP contribution in [0.5, 0.6) is 0 Å². The molecule has 2 aromatic rings. The van der Waals surface area contributed by atoms with Crippen molar-refractivity contribution in [3.63, 3.8) is 0 Å². The summed E-state index contributed by atoms with van der Waals surface area (Å²) in [4.78, 5) is 15.2. The number of aromatic nitrogens is 2. The Morgan fingerprint density at radius 1 is 1.48 bits per heavy atom. The Labute approximate surface area is 138 Å². The number of morpholine rings is 1. The number of rotatable bonds is 4. The summed E-state index contributed by atoms with van der Waals surface area (Å²) in [5, 5.41) is 12.5. The first-order valence-electron chi connectivity index (χ1n) is 7.56. The Bertz CT molecular complexity index is 684. The number of amides is 1. The number of hydrogen-bond donors (Lipinski definition) is 1. The molecule has 0 bridgehead atoms. The first-order chi connectivity index (χ1) is 11.0. The Morgan fingerprint density at radius 2 is 2.30 bits per heavy atom. The molecule has 1 aliphatic heterocycles. The van der Waals surface area contributed by atoms with E-state index in [0.29, 0.717) is 12.5 Å². The third-order valence-electron chi connectivity index (χ3n) is 3.81. The maximum atomic E-state index is 12.2. The number of thiophene rings is 1. The molecule has 0 saturated carbocycles. The van der Waals surface area contributed by atoms with Crippen molar-refractivity contribution in [2.75, 3.05) is 25.0 Å². The molecule has 0 aromatic carbocycles. The Kier molecular flexibility index (Phi) is 4.74. The van der Waals surface area contributed by atoms with Gasteiger partial charge in [-0.05, 0) is 37.8 Å². The molecule has 0 radical (unpaired) electrons. The van der Waals surface area contributed by atoms with Gasteiger partial charge >= 0.3 is 6.01 Å². The summed E-state index contributed by atoms with van der Waals surface area (Å²) in [6, 6.07) is 2.33. The number of ether oxygens (including phenoxy) is 1. The van der Waals surface area contributed by atoms with Crippen LogP contribution in [0.1, 0.15) is 19.4 Å². The molecule has 1 amide bonds. The average molecular weight is 336 g/mol. The van der Waals surface area contributed by atoms with E-state index in [-0.39, 0.29) is 30.6 Å². The molecule has 1 N–H and O–H groups in total. The molecule has 3 heterocycles. The van der Waals surface area contributed by atoms with Gasteiger partial charge in [0.25, 0.3) is 5.89 Å². The minimum atomic E-state index is -0.163. The summed E-state index contributed by atoms with van der Waals surface area (Å²) >= 11 is 1.53. The van der Waals surface area contributed by atoms with Gasteiger partial charge < -0.3 is 9.15 Å². The first kappa shape index (κ1) is 16.1. The van der Waals surface area contributed by atoms with Crippen LogP contribution < -0.4 is 5.32 Å². The van der Waals surface area contributed by atoms with Crippen molar-refractivity contribution in [3.05, 3.63) is 17.0 Å². The van der Waals surface area contributed by atoms with E-state index >= 15 is 0 Å². The second-order valence-electron chi connectivity index (χ2n) is 5.82. The van der Waals surface area contributed by atoms with Crippen molar-refractivity contribution in [3.8, 4) is 10.8 Å². The van der Waals surface area contributed by atoms with Gasteiger partial charge in [-0.3, -0.25) is 15.0 Å². The lowest BCUT2D eigenvalue weighted by molar-refractivity contribution is -0.121. The molecule has 8 heteroatoms. The molecule has 124 valence electrons. The Morgan fingerprint density at radius 3 is 3.04 bits per heavy atom. The number of aryl methyl sites for hydroxylation is 1. The van der Waals surface area contributed by atoms with E-state index in [1.165, 1.54) is 11.3 Å². The molecule has 0 unspecified atom stereocenters. The fourth-order valence-electron chi connectivity index (χ4n) is 2.49. The minimum Gasteiger partial charge on any atom is -0.402 e. The quantitative estimate of drug-likeness (QED) is 0.921. The van der Waals surface area contributed by atoms with Gasteiger partial charge in [0.1, 0.15) is 0 Å². The highest BCUT2D eigenvalue weighted by molar-refractivity contribution is 7.13. The van der Waals surface area contributed by atoms with Crippen LogP contribution in [-0.4, -0.2) is 52.8 Å². The second-order valence-corrected chi connectivity index (χ2v) is 6.73. The summed E-state index contributed by atoms with van der Waals surface area (Å²) in [6.45, 7) is 7.68. The van der Waals surface area contributed by atoms with Crippen LogP contribution >= 0.6 is 11.3 Å². The molecule has 0 aliphatic carbocycles. The summed E-state index contributed by atoms with van der Waals surface area (Å²) in [5.74, 6) is 0.269. The van der Waals surface area contributed by atoms with Gasteiger partial charge in [-0.1, -0.05) is 5.10 Å². The summed E-state index contributed by atoms with van der Waals surface area (Å²) < 4.78 is 11.1. The number of carbonyl (C=O) groups excluding carboxylic acids is 1. The molecular formula is C15H20N4O3S. The topological polar surface area (TPSA) is 80.5 Å². The van der Waals surface area contributed by atoms with Gasteiger partial charge in [-0.2, -0.15) is 0 Å². The third-order valence-corrected chi connectivity index (χ3v) is 4.82. The molecule has 2 atom stereocenters. The van der Waals surface area contributed by atoms with Gasteiger partial charge in [-0.25, -0.2) is 0 Å². The van der Waals surface area contributed by atoms with E-state index in [2.05, 4.69) is 20.4 Å². The third kappa shape index (κ3) is 3.77. The Balaban J connectivity index is 1.60. The van der Waals surface area contributed by atoms with Gasteiger partial charge in [0, 0.05) is 12.6 Å². The van der Waals surface area contributed by atoms with E-state index in [9.17, 15) is 4.79 Å². The van der Waals surface area contributed by atoms with Crippen LogP contribution in [0.4, 0.5) is 6.01 Å². The van der Waals surface area contributed by atoms with Crippen LogP contribution in [0.3, 0.4) is 0 Å². The van der Waals surface area contributed by atoms with Crippen molar-refractivity contribution < 1.29 is 13.9 Å². The molecule has 0 spiro atoms. The summed E-state index contributed by atoms with van der Waals surface area (Å²) in [5.41, 5.74) is 1.08. The fourth-order valence-corrected chi connectivity index (χ4v) is 3.34.